The van der Waals surface area contributed by atoms with E-state index in [0.29, 0.717) is 23.7 Å². The number of fused-ring (bicyclic) bond motifs is 4. The fourth-order valence-corrected chi connectivity index (χ4v) is 9.99. The summed E-state index contributed by atoms with van der Waals surface area (Å²) in [6.07, 6.45) is 1.90. The minimum atomic E-state index is -0.424. The van der Waals surface area contributed by atoms with E-state index < -0.39 is 6.04 Å². The van der Waals surface area contributed by atoms with Crippen LogP contribution in [0.15, 0.2) is 206 Å². The van der Waals surface area contributed by atoms with Crippen molar-refractivity contribution in [3.8, 4) is 39.6 Å². The first-order valence-electron chi connectivity index (χ1n) is 26.6. The van der Waals surface area contributed by atoms with Gasteiger partial charge in [-0.15, -0.1) is 0 Å². The Labute approximate surface area is 420 Å². The lowest BCUT2D eigenvalue weighted by molar-refractivity contribution is 0.483. The minimum absolute atomic E-state index is 0.155. The Kier molecular flexibility index (Phi) is 9.62. The Bertz CT molecular complexity index is 3810. The lowest BCUT2D eigenvalue weighted by Crippen LogP contribution is -2.25. The molecule has 0 saturated carbocycles. The molecule has 11 rings (SSSR count). The lowest BCUT2D eigenvalue weighted by atomic mass is 9.78. The van der Waals surface area contributed by atoms with Gasteiger partial charge in [-0.3, -0.25) is 4.57 Å². The molecule has 0 atom stereocenters. The van der Waals surface area contributed by atoms with Gasteiger partial charge in [0.15, 0.2) is 0 Å². The van der Waals surface area contributed by atoms with E-state index in [-0.39, 0.29) is 46.0 Å². The number of para-hydroxylation sites is 4. The summed E-state index contributed by atoms with van der Waals surface area (Å²) >= 11 is 0. The number of aromatic nitrogens is 2. The first-order valence-corrected chi connectivity index (χ1v) is 24.1. The molecule has 0 saturated heterocycles. The van der Waals surface area contributed by atoms with Gasteiger partial charge >= 0.3 is 0 Å². The molecule has 70 heavy (non-hydrogen) atoms. The molecule has 0 radical (unpaired) electrons. The summed E-state index contributed by atoms with van der Waals surface area (Å²) in [5.74, 6) is 2.16. The van der Waals surface area contributed by atoms with Crippen molar-refractivity contribution < 1.29 is 11.6 Å². The van der Waals surface area contributed by atoms with Crippen LogP contribution in [0.1, 0.15) is 84.5 Å². The molecular weight excluding hydrogens is 853 g/mol. The van der Waals surface area contributed by atoms with Gasteiger partial charge in [-0.2, -0.15) is 0 Å². The molecule has 5 nitrogen and oxygen atoms in total. The summed E-state index contributed by atoms with van der Waals surface area (Å²) in [7, 11) is 0. The van der Waals surface area contributed by atoms with Gasteiger partial charge in [-0.05, 0) is 98.8 Å². The largest absolute Gasteiger partial charge is 0.457 e. The van der Waals surface area contributed by atoms with Gasteiger partial charge in [-0.25, -0.2) is 4.98 Å². The normalized spacial score (nSPS) is 14.0. The van der Waals surface area contributed by atoms with Gasteiger partial charge in [0, 0.05) is 51.3 Å². The zero-order chi connectivity index (χ0) is 52.7. The highest BCUT2D eigenvalue weighted by Gasteiger charge is 2.32. The molecule has 0 aliphatic carbocycles. The van der Waals surface area contributed by atoms with Crippen LogP contribution in [0.25, 0.3) is 49.9 Å². The maximum Gasteiger partial charge on any atom is 0.137 e. The molecule has 0 N–H and O–H groups in total. The molecular formula is C65H60N4O. The summed E-state index contributed by atoms with van der Waals surface area (Å²) < 4.78 is 53.6. The predicted molar refractivity (Wildman–Crippen MR) is 294 cm³/mol. The van der Waals surface area contributed by atoms with Crippen LogP contribution >= 0.6 is 0 Å². The number of nitrogens with zero attached hydrogens (tertiary/aromatic N) is 4. The van der Waals surface area contributed by atoms with Crippen molar-refractivity contribution in [2.75, 3.05) is 16.5 Å². The average Bonchev–Trinajstić information content (AvgIpc) is 3.95. The van der Waals surface area contributed by atoms with E-state index >= 15 is 0 Å². The molecule has 3 heterocycles. The fourth-order valence-electron chi connectivity index (χ4n) is 9.99. The van der Waals surface area contributed by atoms with Gasteiger partial charge in [0.1, 0.15) is 24.0 Å². The quantitative estimate of drug-likeness (QED) is 0.144. The van der Waals surface area contributed by atoms with E-state index in [2.05, 4.69) is 197 Å². The number of hydrogen-bond acceptors (Lipinski definition) is 4. The number of pyridine rings is 1. The van der Waals surface area contributed by atoms with Crippen molar-refractivity contribution in [1.29, 1.82) is 0 Å². The molecule has 5 heteroatoms. The molecule has 0 spiro atoms. The number of anilines is 4. The van der Waals surface area contributed by atoms with Gasteiger partial charge in [-0.1, -0.05) is 189 Å². The molecule has 0 bridgehead atoms. The number of ether oxygens (including phenoxy) is 1. The smallest absolute Gasteiger partial charge is 0.137 e. The molecule has 1 aliphatic heterocycles. The third kappa shape index (κ3) is 8.09. The Morgan fingerprint density at radius 3 is 1.84 bits per heavy atom. The summed E-state index contributed by atoms with van der Waals surface area (Å²) in [4.78, 5) is 9.44. The minimum Gasteiger partial charge on any atom is -0.457 e. The molecule has 10 aromatic rings. The second-order valence-electron chi connectivity index (χ2n) is 21.0. The second kappa shape index (κ2) is 17.3. The zero-order valence-electron chi connectivity index (χ0n) is 46.1. The van der Waals surface area contributed by atoms with Gasteiger partial charge in [0.25, 0.3) is 0 Å². The Balaban J connectivity index is 1.01. The van der Waals surface area contributed by atoms with E-state index in [0.717, 1.165) is 67.1 Å². The molecule has 1 aliphatic rings. The monoisotopic (exact) mass is 918 g/mol. The van der Waals surface area contributed by atoms with Crippen molar-refractivity contribution in [3.63, 3.8) is 0 Å². The van der Waals surface area contributed by atoms with Gasteiger partial charge in [0.05, 0.1) is 34.9 Å². The van der Waals surface area contributed by atoms with Crippen molar-refractivity contribution in [2.24, 2.45) is 0 Å². The van der Waals surface area contributed by atoms with Gasteiger partial charge < -0.3 is 14.5 Å². The molecule has 2 aromatic heterocycles. The van der Waals surface area contributed by atoms with Crippen LogP contribution in [0.4, 0.5) is 22.7 Å². The summed E-state index contributed by atoms with van der Waals surface area (Å²) in [5.41, 5.74) is 12.3. The topological polar surface area (TPSA) is 33.5 Å². The average molecular weight is 918 g/mol. The Hall–Kier alpha value is -7.89. The molecule has 346 valence electrons. The van der Waals surface area contributed by atoms with Crippen molar-refractivity contribution in [2.45, 2.75) is 71.6 Å². The fraction of sp³-hybridized carbons (Fsp3) is 0.185. The number of benzene rings is 8. The lowest BCUT2D eigenvalue weighted by Gasteiger charge is -2.29. The maximum atomic E-state index is 9.25. The summed E-state index contributed by atoms with van der Waals surface area (Å²) in [6, 6.07) is 57.0. The van der Waals surface area contributed by atoms with E-state index in [1.165, 1.54) is 16.7 Å². The summed E-state index contributed by atoms with van der Waals surface area (Å²) in [6.45, 7) is 18.2. The van der Waals surface area contributed by atoms with Crippen LogP contribution in [-0.4, -0.2) is 16.2 Å². The highest BCUT2D eigenvalue weighted by molar-refractivity contribution is 6.09. The van der Waals surface area contributed by atoms with E-state index in [4.69, 9.17) is 13.8 Å². The standard InChI is InChI=1S/C65H60N4O/c1-63(2,3)48-37-45(38-49(39-48)64(4,5)6)54-29-20-28-53(44-21-11-9-12-22-44)62(54)68-43-67(58-31-17-18-32-59(58)68)50-25-19-26-51(41-50)70-52-33-34-56-55-27-15-16-30-57(55)69(60(56)42-52)61-40-47(35-36-66-61)65(7,8)46-23-13-10-14-24-46/h9-42H,43H2,1-8H3/i9D,11D,12D,21D,22D. The van der Waals surface area contributed by atoms with E-state index in [1.807, 2.05) is 48.7 Å². The third-order valence-electron chi connectivity index (χ3n) is 14.0. The van der Waals surface area contributed by atoms with Crippen molar-refractivity contribution >= 4 is 44.6 Å². The first-order chi connectivity index (χ1) is 35.8. The molecule has 0 fully saturated rings. The highest BCUT2D eigenvalue weighted by Crippen LogP contribution is 2.51. The van der Waals surface area contributed by atoms with Crippen molar-refractivity contribution in [3.05, 3.63) is 229 Å². The Morgan fingerprint density at radius 2 is 1.11 bits per heavy atom. The SMILES string of the molecule is [2H]c1c([2H])c([2H])c(-c2cccc(-c3cc(C(C)(C)C)cc(C(C)(C)C)c3)c2N2CN(c3cccc(Oc4ccc5c6ccccc6n(-c6cc(C(C)(C)c7ccccc7)ccn6)c5c4)c3)c3ccccc32)c([2H])c1[2H]. The predicted octanol–water partition coefficient (Wildman–Crippen LogP) is 17.5. The molecule has 8 aromatic carbocycles. The van der Waals surface area contributed by atoms with Crippen molar-refractivity contribution in [1.82, 2.24) is 9.55 Å². The molecule has 0 amide bonds. The maximum absolute atomic E-state index is 9.25. The Morgan fingerprint density at radius 1 is 0.486 bits per heavy atom. The van der Waals surface area contributed by atoms with Crippen LogP contribution < -0.4 is 14.5 Å². The highest BCUT2D eigenvalue weighted by atomic mass is 16.5. The van der Waals surface area contributed by atoms with Gasteiger partial charge in [0.2, 0.25) is 0 Å². The number of hydrogen-bond donors (Lipinski definition) is 0. The van der Waals surface area contributed by atoms with Crippen LogP contribution in [0, 0.1) is 0 Å². The molecule has 0 unspecified atom stereocenters. The van der Waals surface area contributed by atoms with Crippen LogP contribution in [0.2, 0.25) is 0 Å². The second-order valence-corrected chi connectivity index (χ2v) is 21.0. The third-order valence-corrected chi connectivity index (χ3v) is 14.0. The van der Waals surface area contributed by atoms with Crippen LogP contribution in [-0.2, 0) is 16.2 Å². The first kappa shape index (κ1) is 39.0. The zero-order valence-corrected chi connectivity index (χ0v) is 41.1. The van der Waals surface area contributed by atoms with Crippen LogP contribution in [0.3, 0.4) is 0 Å². The van der Waals surface area contributed by atoms with E-state index in [9.17, 15) is 2.74 Å². The van der Waals surface area contributed by atoms with E-state index in [1.54, 1.807) is 0 Å². The van der Waals surface area contributed by atoms with Crippen LogP contribution in [0.5, 0.6) is 11.5 Å². The number of rotatable bonds is 9. The summed E-state index contributed by atoms with van der Waals surface area (Å²) in [5, 5.41) is 2.22.